The van der Waals surface area contributed by atoms with Gasteiger partial charge in [-0.3, -0.25) is 4.79 Å². The number of hydrogen-bond donors (Lipinski definition) is 1. The van der Waals surface area contributed by atoms with Crippen LogP contribution in [0.2, 0.25) is 0 Å². The summed E-state index contributed by atoms with van der Waals surface area (Å²) in [5.41, 5.74) is 0.969. The summed E-state index contributed by atoms with van der Waals surface area (Å²) < 4.78 is 18.9. The van der Waals surface area contributed by atoms with Crippen LogP contribution in [-0.4, -0.2) is 43.1 Å². The van der Waals surface area contributed by atoms with Crippen LogP contribution in [0.5, 0.6) is 0 Å². The van der Waals surface area contributed by atoms with Crippen molar-refractivity contribution in [1.29, 1.82) is 0 Å². The third-order valence-corrected chi connectivity index (χ3v) is 3.43. The van der Waals surface area contributed by atoms with Gasteiger partial charge in [0.05, 0.1) is 6.61 Å². The van der Waals surface area contributed by atoms with E-state index in [9.17, 15) is 9.18 Å². The molecule has 5 nitrogen and oxygen atoms in total. The molecule has 0 bridgehead atoms. The molecule has 0 aliphatic heterocycles. The molecule has 1 N–H and O–H groups in total. The van der Waals surface area contributed by atoms with Crippen molar-refractivity contribution in [2.24, 2.45) is 0 Å². The van der Waals surface area contributed by atoms with Gasteiger partial charge in [0.25, 0.3) is 5.91 Å². The number of pyridine rings is 1. The van der Waals surface area contributed by atoms with Crippen LogP contribution in [0, 0.1) is 5.82 Å². The molecule has 23 heavy (non-hydrogen) atoms. The van der Waals surface area contributed by atoms with Gasteiger partial charge < -0.3 is 15.0 Å². The van der Waals surface area contributed by atoms with Gasteiger partial charge in [0.1, 0.15) is 11.6 Å². The molecule has 0 saturated heterocycles. The smallest absolute Gasteiger partial charge is 0.254 e. The Morgan fingerprint density at radius 3 is 2.83 bits per heavy atom. The predicted octanol–water partition coefficient (Wildman–Crippen LogP) is 2.55. The van der Waals surface area contributed by atoms with Gasteiger partial charge in [0.2, 0.25) is 0 Å². The average molecular weight is 317 g/mol. The quantitative estimate of drug-likeness (QED) is 0.853. The van der Waals surface area contributed by atoms with E-state index >= 15 is 0 Å². The number of anilines is 1. The van der Waals surface area contributed by atoms with Gasteiger partial charge >= 0.3 is 0 Å². The summed E-state index contributed by atoms with van der Waals surface area (Å²) in [4.78, 5) is 18.4. The summed E-state index contributed by atoms with van der Waals surface area (Å²) in [7, 11) is 3.30. The zero-order valence-electron chi connectivity index (χ0n) is 13.3. The molecule has 2 rings (SSSR count). The van der Waals surface area contributed by atoms with Gasteiger partial charge in [-0.2, -0.15) is 0 Å². The second-order valence-electron chi connectivity index (χ2n) is 4.99. The van der Waals surface area contributed by atoms with E-state index in [1.54, 1.807) is 55.6 Å². The highest BCUT2D eigenvalue weighted by Crippen LogP contribution is 2.14. The van der Waals surface area contributed by atoms with E-state index in [1.807, 2.05) is 0 Å². The number of hydrogen-bond acceptors (Lipinski definition) is 4. The van der Waals surface area contributed by atoms with Gasteiger partial charge in [-0.05, 0) is 18.2 Å². The van der Waals surface area contributed by atoms with Crippen LogP contribution >= 0.6 is 0 Å². The van der Waals surface area contributed by atoms with Crippen LogP contribution in [0.1, 0.15) is 15.9 Å². The maximum absolute atomic E-state index is 13.9. The molecule has 6 heteroatoms. The number of nitrogens with one attached hydrogen (secondary N) is 1. The number of carbonyl (C=O) groups excluding carboxylic acids is 1. The monoisotopic (exact) mass is 317 g/mol. The van der Waals surface area contributed by atoms with Crippen LogP contribution in [0.3, 0.4) is 0 Å². The fourth-order valence-corrected chi connectivity index (χ4v) is 2.17. The van der Waals surface area contributed by atoms with Crippen molar-refractivity contribution >= 4 is 11.7 Å². The molecule has 1 aromatic heterocycles. The lowest BCUT2D eigenvalue weighted by Crippen LogP contribution is -2.33. The summed E-state index contributed by atoms with van der Waals surface area (Å²) in [6.45, 7) is 0.942. The van der Waals surface area contributed by atoms with E-state index in [1.165, 1.54) is 6.07 Å². The van der Waals surface area contributed by atoms with Crippen LogP contribution in [0.4, 0.5) is 10.2 Å². The number of carbonyl (C=O) groups is 1. The molecule has 0 atom stereocenters. The molecule has 0 saturated carbocycles. The lowest BCUT2D eigenvalue weighted by molar-refractivity contribution is 0.0678. The van der Waals surface area contributed by atoms with Crippen molar-refractivity contribution in [3.05, 3.63) is 59.5 Å². The molecule has 0 spiro atoms. The number of rotatable bonds is 7. The Balaban J connectivity index is 2.22. The highest BCUT2D eigenvalue weighted by atomic mass is 19.1. The van der Waals surface area contributed by atoms with Crippen molar-refractivity contribution in [1.82, 2.24) is 9.88 Å². The molecule has 1 aromatic carbocycles. The number of nitrogens with zero attached hydrogens (tertiary/aromatic N) is 2. The maximum Gasteiger partial charge on any atom is 0.254 e. The zero-order chi connectivity index (χ0) is 16.7. The Kier molecular flexibility index (Phi) is 6.05. The summed E-state index contributed by atoms with van der Waals surface area (Å²) in [6, 6.07) is 9.76. The molecule has 0 radical (unpaired) electrons. The molecule has 1 heterocycles. The minimum atomic E-state index is -0.326. The summed E-state index contributed by atoms with van der Waals surface area (Å²) in [6.07, 6.45) is 1.57. The Hall–Kier alpha value is -2.47. The Morgan fingerprint density at radius 2 is 2.13 bits per heavy atom. The lowest BCUT2D eigenvalue weighted by Gasteiger charge is -2.23. The van der Waals surface area contributed by atoms with Crippen LogP contribution in [0.25, 0.3) is 0 Å². The molecule has 0 aliphatic carbocycles. The predicted molar refractivity (Wildman–Crippen MR) is 86.8 cm³/mol. The molecule has 1 amide bonds. The third-order valence-electron chi connectivity index (χ3n) is 3.43. The number of ether oxygens (including phenoxy) is 1. The summed E-state index contributed by atoms with van der Waals surface area (Å²) in [5, 5.41) is 2.90. The van der Waals surface area contributed by atoms with Gasteiger partial charge in [0, 0.05) is 44.6 Å². The largest absolute Gasteiger partial charge is 0.383 e. The van der Waals surface area contributed by atoms with E-state index in [0.717, 1.165) is 0 Å². The van der Waals surface area contributed by atoms with E-state index in [2.05, 4.69) is 10.3 Å². The average Bonchev–Trinajstić information content (AvgIpc) is 2.59. The Morgan fingerprint density at radius 1 is 1.35 bits per heavy atom. The van der Waals surface area contributed by atoms with Gasteiger partial charge in [-0.1, -0.05) is 18.2 Å². The van der Waals surface area contributed by atoms with Crippen molar-refractivity contribution in [3.8, 4) is 0 Å². The van der Waals surface area contributed by atoms with E-state index in [0.29, 0.717) is 30.1 Å². The molecule has 0 aliphatic rings. The SMILES string of the molecule is CNc1cc(C(=O)N(CCOC)Cc2ccccc2F)ccn1. The van der Waals surface area contributed by atoms with E-state index in [-0.39, 0.29) is 18.3 Å². The number of amides is 1. The van der Waals surface area contributed by atoms with Gasteiger partial charge in [0.15, 0.2) is 0 Å². The standard InChI is InChI=1S/C17H20FN3O2/c1-19-16-11-13(7-8-20-16)17(22)21(9-10-23-2)12-14-5-3-4-6-15(14)18/h3-8,11H,9-10,12H2,1-2H3,(H,19,20). The van der Waals surface area contributed by atoms with E-state index < -0.39 is 0 Å². The third kappa shape index (κ3) is 4.50. The van der Waals surface area contributed by atoms with Gasteiger partial charge in [-0.25, -0.2) is 9.37 Å². The highest BCUT2D eigenvalue weighted by Gasteiger charge is 2.18. The topological polar surface area (TPSA) is 54.5 Å². The number of aromatic nitrogens is 1. The van der Waals surface area contributed by atoms with Crippen LogP contribution < -0.4 is 5.32 Å². The van der Waals surface area contributed by atoms with Crippen molar-refractivity contribution in [2.45, 2.75) is 6.54 Å². The fraction of sp³-hybridized carbons (Fsp3) is 0.294. The minimum Gasteiger partial charge on any atom is -0.383 e. The number of methoxy groups -OCH3 is 1. The fourth-order valence-electron chi connectivity index (χ4n) is 2.17. The first-order chi connectivity index (χ1) is 11.2. The summed E-state index contributed by atoms with van der Waals surface area (Å²) >= 11 is 0. The van der Waals surface area contributed by atoms with Crippen molar-refractivity contribution in [3.63, 3.8) is 0 Å². The Bertz CT molecular complexity index is 664. The Labute approximate surface area is 135 Å². The first-order valence-corrected chi connectivity index (χ1v) is 7.31. The van der Waals surface area contributed by atoms with Crippen molar-refractivity contribution in [2.75, 3.05) is 32.6 Å². The maximum atomic E-state index is 13.9. The molecule has 0 unspecified atom stereocenters. The lowest BCUT2D eigenvalue weighted by atomic mass is 10.1. The first-order valence-electron chi connectivity index (χ1n) is 7.31. The number of halogens is 1. The molecular formula is C17H20FN3O2. The number of benzene rings is 1. The van der Waals surface area contributed by atoms with Gasteiger partial charge in [-0.15, -0.1) is 0 Å². The zero-order valence-corrected chi connectivity index (χ0v) is 13.3. The molecule has 0 fully saturated rings. The highest BCUT2D eigenvalue weighted by molar-refractivity contribution is 5.94. The molecular weight excluding hydrogens is 297 g/mol. The van der Waals surface area contributed by atoms with Crippen LogP contribution in [-0.2, 0) is 11.3 Å². The normalized spacial score (nSPS) is 10.4. The minimum absolute atomic E-state index is 0.187. The molecule has 122 valence electrons. The first kappa shape index (κ1) is 16.9. The second kappa shape index (κ2) is 8.24. The van der Waals surface area contributed by atoms with E-state index in [4.69, 9.17) is 4.74 Å². The second-order valence-corrected chi connectivity index (χ2v) is 4.99. The summed E-state index contributed by atoms with van der Waals surface area (Å²) in [5.74, 6) is 0.0889. The molecule has 2 aromatic rings. The van der Waals surface area contributed by atoms with Crippen LogP contribution in [0.15, 0.2) is 42.6 Å². The van der Waals surface area contributed by atoms with Crippen molar-refractivity contribution < 1.29 is 13.9 Å².